The lowest BCUT2D eigenvalue weighted by Gasteiger charge is -2.04. The molecule has 0 aliphatic carbocycles. The monoisotopic (exact) mass is 285 g/mol. The lowest BCUT2D eigenvalue weighted by atomic mass is 10.1. The standard InChI is InChI=1S/C15H15N3O3/c1-4-7-12-10(2)16-17(11(12)3)15(19)13-8-5-6-9-14(13)18(20)21/h4-6,8-9H,1,7H2,2-3H3. The van der Waals surface area contributed by atoms with Crippen LogP contribution in [-0.4, -0.2) is 20.6 Å². The van der Waals surface area contributed by atoms with Crippen LogP contribution in [0.4, 0.5) is 5.69 Å². The summed E-state index contributed by atoms with van der Waals surface area (Å²) in [7, 11) is 0. The fourth-order valence-corrected chi connectivity index (χ4v) is 2.24. The number of allylic oxidation sites excluding steroid dienone is 1. The molecule has 0 saturated heterocycles. The summed E-state index contributed by atoms with van der Waals surface area (Å²) in [5.74, 6) is -0.502. The molecule has 1 heterocycles. The van der Waals surface area contributed by atoms with Crippen molar-refractivity contribution in [1.82, 2.24) is 9.78 Å². The Hall–Kier alpha value is -2.76. The molecule has 21 heavy (non-hydrogen) atoms. The molecule has 2 rings (SSSR count). The van der Waals surface area contributed by atoms with Gasteiger partial charge in [0, 0.05) is 17.3 Å². The van der Waals surface area contributed by atoms with Gasteiger partial charge in [-0.1, -0.05) is 18.2 Å². The van der Waals surface area contributed by atoms with Crippen LogP contribution in [0.15, 0.2) is 36.9 Å². The Bertz CT molecular complexity index is 732. The zero-order valence-corrected chi connectivity index (χ0v) is 11.9. The first-order valence-corrected chi connectivity index (χ1v) is 6.41. The highest BCUT2D eigenvalue weighted by Gasteiger charge is 2.24. The minimum Gasteiger partial charge on any atom is -0.266 e. The molecule has 0 aliphatic heterocycles. The van der Waals surface area contributed by atoms with Crippen molar-refractivity contribution in [1.29, 1.82) is 0 Å². The molecule has 0 bridgehead atoms. The third kappa shape index (κ3) is 2.60. The Balaban J connectivity index is 2.54. The van der Waals surface area contributed by atoms with Crippen LogP contribution >= 0.6 is 0 Å². The Morgan fingerprint density at radius 2 is 2.10 bits per heavy atom. The van der Waals surface area contributed by atoms with E-state index >= 15 is 0 Å². The first kappa shape index (κ1) is 14.6. The fourth-order valence-electron chi connectivity index (χ4n) is 2.24. The minimum absolute atomic E-state index is 0.0262. The molecule has 0 atom stereocenters. The van der Waals surface area contributed by atoms with Gasteiger partial charge in [0.1, 0.15) is 5.56 Å². The van der Waals surface area contributed by atoms with E-state index in [4.69, 9.17) is 0 Å². The van der Waals surface area contributed by atoms with Gasteiger partial charge >= 0.3 is 0 Å². The van der Waals surface area contributed by atoms with Gasteiger partial charge in [-0.3, -0.25) is 14.9 Å². The maximum Gasteiger partial charge on any atom is 0.285 e. The quantitative estimate of drug-likeness (QED) is 0.491. The summed E-state index contributed by atoms with van der Waals surface area (Å²) in [5, 5.41) is 15.2. The van der Waals surface area contributed by atoms with E-state index in [1.54, 1.807) is 26.0 Å². The van der Waals surface area contributed by atoms with Crippen molar-refractivity contribution < 1.29 is 9.72 Å². The summed E-state index contributed by atoms with van der Waals surface area (Å²) < 4.78 is 1.22. The summed E-state index contributed by atoms with van der Waals surface area (Å²) in [4.78, 5) is 23.0. The Labute approximate surface area is 121 Å². The van der Waals surface area contributed by atoms with Crippen LogP contribution < -0.4 is 0 Å². The van der Waals surface area contributed by atoms with Crippen molar-refractivity contribution in [2.24, 2.45) is 0 Å². The van der Waals surface area contributed by atoms with Crippen LogP contribution in [0.5, 0.6) is 0 Å². The molecule has 0 saturated carbocycles. The van der Waals surface area contributed by atoms with E-state index in [9.17, 15) is 14.9 Å². The number of aromatic nitrogens is 2. The number of hydrogen-bond acceptors (Lipinski definition) is 4. The fraction of sp³-hybridized carbons (Fsp3) is 0.200. The number of benzene rings is 1. The predicted octanol–water partition coefficient (Wildman–Crippen LogP) is 2.83. The van der Waals surface area contributed by atoms with E-state index in [2.05, 4.69) is 11.7 Å². The zero-order valence-electron chi connectivity index (χ0n) is 11.9. The number of carbonyl (C=O) groups is 1. The molecule has 0 aliphatic rings. The average Bonchev–Trinajstić information content (AvgIpc) is 2.75. The van der Waals surface area contributed by atoms with E-state index in [0.29, 0.717) is 12.1 Å². The van der Waals surface area contributed by atoms with E-state index in [1.807, 2.05) is 0 Å². The third-order valence-electron chi connectivity index (χ3n) is 3.31. The van der Waals surface area contributed by atoms with Crippen LogP contribution in [0, 0.1) is 24.0 Å². The molecule has 6 nitrogen and oxygen atoms in total. The number of nitrogens with zero attached hydrogens (tertiary/aromatic N) is 3. The van der Waals surface area contributed by atoms with Gasteiger partial charge in [0.25, 0.3) is 11.6 Å². The molecule has 1 aromatic carbocycles. The van der Waals surface area contributed by atoms with Gasteiger partial charge in [0.05, 0.1) is 10.6 Å². The lowest BCUT2D eigenvalue weighted by molar-refractivity contribution is -0.385. The molecule has 0 radical (unpaired) electrons. The van der Waals surface area contributed by atoms with Gasteiger partial charge < -0.3 is 0 Å². The van der Waals surface area contributed by atoms with E-state index < -0.39 is 10.8 Å². The molecule has 0 N–H and O–H groups in total. The van der Waals surface area contributed by atoms with Gasteiger partial charge in [-0.05, 0) is 26.3 Å². The number of rotatable bonds is 4. The van der Waals surface area contributed by atoms with Gasteiger partial charge in [-0.15, -0.1) is 6.58 Å². The Morgan fingerprint density at radius 3 is 2.71 bits per heavy atom. The van der Waals surface area contributed by atoms with Crippen LogP contribution in [0.3, 0.4) is 0 Å². The second-order valence-corrected chi connectivity index (χ2v) is 4.63. The molecular formula is C15H15N3O3. The second kappa shape index (κ2) is 5.70. The normalized spacial score (nSPS) is 10.4. The molecule has 108 valence electrons. The van der Waals surface area contributed by atoms with Crippen LogP contribution in [0.1, 0.15) is 27.3 Å². The molecule has 0 amide bonds. The first-order chi connectivity index (χ1) is 9.97. The average molecular weight is 285 g/mol. The molecule has 1 aromatic heterocycles. The van der Waals surface area contributed by atoms with Gasteiger partial charge in [0.15, 0.2) is 0 Å². The zero-order chi connectivity index (χ0) is 15.6. The van der Waals surface area contributed by atoms with Crippen molar-refractivity contribution in [3.63, 3.8) is 0 Å². The summed E-state index contributed by atoms with van der Waals surface area (Å²) in [5.41, 5.74) is 2.12. The SMILES string of the molecule is C=CCc1c(C)nn(C(=O)c2ccccc2[N+](=O)[O-])c1C. The third-order valence-corrected chi connectivity index (χ3v) is 3.31. The molecule has 2 aromatic rings. The molecule has 0 fully saturated rings. The number of nitro benzene ring substituents is 1. The predicted molar refractivity (Wildman–Crippen MR) is 78.4 cm³/mol. The van der Waals surface area contributed by atoms with Crippen LogP contribution in [-0.2, 0) is 6.42 Å². The smallest absolute Gasteiger partial charge is 0.266 e. The molecular weight excluding hydrogens is 270 g/mol. The highest BCUT2D eigenvalue weighted by Crippen LogP contribution is 2.21. The Kier molecular flexibility index (Phi) is 3.98. The van der Waals surface area contributed by atoms with Gasteiger partial charge in [-0.2, -0.15) is 5.10 Å². The molecule has 0 spiro atoms. The first-order valence-electron chi connectivity index (χ1n) is 6.41. The summed E-state index contributed by atoms with van der Waals surface area (Å²) in [6.45, 7) is 7.25. The van der Waals surface area contributed by atoms with E-state index in [0.717, 1.165) is 11.3 Å². The molecule has 0 unspecified atom stereocenters. The summed E-state index contributed by atoms with van der Waals surface area (Å²) >= 11 is 0. The number of carbonyl (C=O) groups excluding carboxylic acids is 1. The number of nitro groups is 1. The van der Waals surface area contributed by atoms with Crippen LogP contribution in [0.25, 0.3) is 0 Å². The Morgan fingerprint density at radius 1 is 1.43 bits per heavy atom. The highest BCUT2D eigenvalue weighted by atomic mass is 16.6. The summed E-state index contributed by atoms with van der Waals surface area (Å²) in [6.07, 6.45) is 2.33. The number of hydrogen-bond donors (Lipinski definition) is 0. The van der Waals surface area contributed by atoms with Gasteiger partial charge in [0.2, 0.25) is 0 Å². The topological polar surface area (TPSA) is 78.0 Å². The maximum absolute atomic E-state index is 12.5. The van der Waals surface area contributed by atoms with Crippen molar-refractivity contribution in [3.05, 3.63) is 69.5 Å². The molecule has 6 heteroatoms. The second-order valence-electron chi connectivity index (χ2n) is 4.63. The minimum atomic E-state index is -0.566. The highest BCUT2D eigenvalue weighted by molar-refractivity contribution is 5.99. The van der Waals surface area contributed by atoms with Crippen molar-refractivity contribution in [3.8, 4) is 0 Å². The van der Waals surface area contributed by atoms with Gasteiger partial charge in [-0.25, -0.2) is 4.68 Å². The van der Waals surface area contributed by atoms with Crippen molar-refractivity contribution in [2.45, 2.75) is 20.3 Å². The van der Waals surface area contributed by atoms with E-state index in [-0.39, 0.29) is 11.3 Å². The van der Waals surface area contributed by atoms with Crippen molar-refractivity contribution in [2.75, 3.05) is 0 Å². The van der Waals surface area contributed by atoms with Crippen molar-refractivity contribution >= 4 is 11.6 Å². The van der Waals surface area contributed by atoms with Crippen LogP contribution in [0.2, 0.25) is 0 Å². The lowest BCUT2D eigenvalue weighted by Crippen LogP contribution is -2.17. The largest absolute Gasteiger partial charge is 0.285 e. The number of para-hydroxylation sites is 1. The number of aryl methyl sites for hydroxylation is 1. The maximum atomic E-state index is 12.5. The summed E-state index contributed by atoms with van der Waals surface area (Å²) in [6, 6.07) is 5.86. The van der Waals surface area contributed by atoms with E-state index in [1.165, 1.54) is 22.9 Å².